The summed E-state index contributed by atoms with van der Waals surface area (Å²) in [4.78, 5) is 0. The van der Waals surface area contributed by atoms with Crippen LogP contribution in [0.1, 0.15) is 71.1 Å². The number of hydrogen-bond acceptors (Lipinski definition) is 2. The zero-order valence-corrected chi connectivity index (χ0v) is 18.0. The first-order valence-electron chi connectivity index (χ1n) is 11.7. The van der Waals surface area contributed by atoms with E-state index in [-0.39, 0.29) is 12.4 Å². The highest BCUT2D eigenvalue weighted by molar-refractivity contribution is 5.05. The maximum Gasteiger partial charge on any atom is 0.412 e. The first kappa shape index (κ1) is 23.8. The van der Waals surface area contributed by atoms with E-state index in [0.29, 0.717) is 36.5 Å². The number of alkyl halides is 3. The standard InChI is InChI=1S/C24H36F4O2/c1-2-3-19-15-29-23(30-16-19)21-12-8-18(9-13-21)5-4-17-6-10-20(11-7-17)22(25)14-24(26,27)28/h4-5,14,17-21,23H,2-3,6-13,15-16H2,1H3. The van der Waals surface area contributed by atoms with Gasteiger partial charge < -0.3 is 9.47 Å². The molecule has 0 unspecified atom stereocenters. The lowest BCUT2D eigenvalue weighted by atomic mass is 9.78. The Morgan fingerprint density at radius 2 is 1.40 bits per heavy atom. The van der Waals surface area contributed by atoms with Crippen LogP contribution >= 0.6 is 0 Å². The van der Waals surface area contributed by atoms with Gasteiger partial charge in [-0.15, -0.1) is 0 Å². The Bertz CT molecular complexity index is 562. The smallest absolute Gasteiger partial charge is 0.352 e. The molecular formula is C24H36F4O2. The zero-order chi connectivity index (χ0) is 21.6. The van der Waals surface area contributed by atoms with Gasteiger partial charge in [-0.05, 0) is 69.6 Å². The van der Waals surface area contributed by atoms with E-state index < -0.39 is 17.9 Å². The highest BCUT2D eigenvalue weighted by Crippen LogP contribution is 2.38. The summed E-state index contributed by atoms with van der Waals surface area (Å²) in [6.07, 6.45) is 9.06. The van der Waals surface area contributed by atoms with Crippen LogP contribution in [0.15, 0.2) is 24.1 Å². The van der Waals surface area contributed by atoms with Crippen LogP contribution in [0, 0.1) is 29.6 Å². The number of ether oxygens (including phenoxy) is 2. The average Bonchev–Trinajstić information content (AvgIpc) is 2.73. The summed E-state index contributed by atoms with van der Waals surface area (Å²) in [5.41, 5.74) is 0. The Hall–Kier alpha value is -0.880. The molecule has 2 aliphatic carbocycles. The Labute approximate surface area is 178 Å². The van der Waals surface area contributed by atoms with Gasteiger partial charge in [-0.2, -0.15) is 13.2 Å². The van der Waals surface area contributed by atoms with Crippen LogP contribution in [0.2, 0.25) is 0 Å². The summed E-state index contributed by atoms with van der Waals surface area (Å²) in [6, 6.07) is 0. The van der Waals surface area contributed by atoms with Crippen molar-refractivity contribution in [1.29, 1.82) is 0 Å². The van der Waals surface area contributed by atoms with Crippen molar-refractivity contribution in [2.75, 3.05) is 13.2 Å². The monoisotopic (exact) mass is 432 g/mol. The molecule has 0 N–H and O–H groups in total. The van der Waals surface area contributed by atoms with Crippen molar-refractivity contribution in [2.24, 2.45) is 29.6 Å². The second kappa shape index (κ2) is 11.1. The minimum atomic E-state index is -4.56. The van der Waals surface area contributed by atoms with E-state index in [1.54, 1.807) is 0 Å². The van der Waals surface area contributed by atoms with Crippen molar-refractivity contribution < 1.29 is 27.0 Å². The number of rotatable bonds is 6. The highest BCUT2D eigenvalue weighted by Gasteiger charge is 2.32. The summed E-state index contributed by atoms with van der Waals surface area (Å²) < 4.78 is 62.7. The third kappa shape index (κ3) is 7.37. The van der Waals surface area contributed by atoms with Gasteiger partial charge in [0.05, 0.1) is 19.3 Å². The molecular weight excluding hydrogens is 396 g/mol. The van der Waals surface area contributed by atoms with Crippen LogP contribution < -0.4 is 0 Å². The van der Waals surface area contributed by atoms with Gasteiger partial charge in [0, 0.05) is 17.8 Å². The molecule has 0 aromatic carbocycles. The fourth-order valence-corrected chi connectivity index (χ4v) is 5.19. The van der Waals surface area contributed by atoms with E-state index in [1.807, 2.05) is 0 Å². The molecule has 2 saturated carbocycles. The predicted molar refractivity (Wildman–Crippen MR) is 109 cm³/mol. The molecule has 6 heteroatoms. The fourth-order valence-electron chi connectivity index (χ4n) is 5.19. The number of halogens is 4. The molecule has 0 spiro atoms. The van der Waals surface area contributed by atoms with Gasteiger partial charge in [0.15, 0.2) is 6.29 Å². The van der Waals surface area contributed by atoms with Crippen LogP contribution in [0.5, 0.6) is 0 Å². The summed E-state index contributed by atoms with van der Waals surface area (Å²) in [7, 11) is 0. The molecule has 0 atom stereocenters. The van der Waals surface area contributed by atoms with Crippen LogP contribution in [0.25, 0.3) is 0 Å². The Morgan fingerprint density at radius 1 is 0.867 bits per heavy atom. The number of allylic oxidation sites excluding steroid dienone is 4. The van der Waals surface area contributed by atoms with E-state index in [9.17, 15) is 17.6 Å². The molecule has 0 aromatic heterocycles. The maximum absolute atomic E-state index is 13.7. The minimum absolute atomic E-state index is 0.0436. The van der Waals surface area contributed by atoms with Crippen LogP contribution in [-0.2, 0) is 9.47 Å². The lowest BCUT2D eigenvalue weighted by molar-refractivity contribution is -0.229. The average molecular weight is 433 g/mol. The van der Waals surface area contributed by atoms with E-state index in [0.717, 1.165) is 58.2 Å². The summed E-state index contributed by atoms with van der Waals surface area (Å²) in [5.74, 6) is 0.361. The molecule has 3 fully saturated rings. The zero-order valence-electron chi connectivity index (χ0n) is 18.0. The van der Waals surface area contributed by atoms with Crippen molar-refractivity contribution in [3.05, 3.63) is 24.1 Å². The second-order valence-corrected chi connectivity index (χ2v) is 9.43. The van der Waals surface area contributed by atoms with Gasteiger partial charge in [-0.25, -0.2) is 4.39 Å². The molecule has 0 aromatic rings. The molecule has 1 saturated heterocycles. The van der Waals surface area contributed by atoms with E-state index in [1.165, 1.54) is 6.42 Å². The Balaban J connectivity index is 1.35. The maximum atomic E-state index is 13.7. The molecule has 3 rings (SSSR count). The topological polar surface area (TPSA) is 18.5 Å². The quantitative estimate of drug-likeness (QED) is 0.322. The van der Waals surface area contributed by atoms with E-state index >= 15 is 0 Å². The van der Waals surface area contributed by atoms with Crippen molar-refractivity contribution in [3.63, 3.8) is 0 Å². The normalized spacial score (nSPS) is 36.9. The van der Waals surface area contributed by atoms with Crippen molar-refractivity contribution in [1.82, 2.24) is 0 Å². The highest BCUT2D eigenvalue weighted by atomic mass is 19.4. The van der Waals surface area contributed by atoms with Crippen molar-refractivity contribution in [3.8, 4) is 0 Å². The molecule has 1 heterocycles. The van der Waals surface area contributed by atoms with Gasteiger partial charge in [0.1, 0.15) is 5.83 Å². The molecule has 172 valence electrons. The van der Waals surface area contributed by atoms with Crippen LogP contribution in [0.3, 0.4) is 0 Å². The minimum Gasteiger partial charge on any atom is -0.352 e. The Kier molecular flexibility index (Phi) is 8.82. The largest absolute Gasteiger partial charge is 0.412 e. The summed E-state index contributed by atoms with van der Waals surface area (Å²) >= 11 is 0. The molecule has 0 radical (unpaired) electrons. The van der Waals surface area contributed by atoms with E-state index in [2.05, 4.69) is 19.1 Å². The SMILES string of the molecule is CCCC1COC(C2CCC(C=CC3CCC(C(F)=CC(F)(F)F)CC3)CC2)OC1. The fraction of sp³-hybridized carbons (Fsp3) is 0.833. The molecule has 1 aliphatic heterocycles. The van der Waals surface area contributed by atoms with Crippen LogP contribution in [-0.4, -0.2) is 25.7 Å². The molecule has 0 amide bonds. The third-order valence-corrected chi connectivity index (χ3v) is 7.01. The predicted octanol–water partition coefficient (Wildman–Crippen LogP) is 7.36. The van der Waals surface area contributed by atoms with Gasteiger partial charge in [0.2, 0.25) is 0 Å². The van der Waals surface area contributed by atoms with Crippen molar-refractivity contribution >= 4 is 0 Å². The van der Waals surface area contributed by atoms with Gasteiger partial charge in [-0.3, -0.25) is 0 Å². The molecule has 30 heavy (non-hydrogen) atoms. The summed E-state index contributed by atoms with van der Waals surface area (Å²) in [6.45, 7) is 3.83. The van der Waals surface area contributed by atoms with Crippen LogP contribution in [0.4, 0.5) is 17.6 Å². The van der Waals surface area contributed by atoms with Gasteiger partial charge in [-0.1, -0.05) is 25.5 Å². The van der Waals surface area contributed by atoms with Gasteiger partial charge >= 0.3 is 6.18 Å². The Morgan fingerprint density at radius 3 is 1.90 bits per heavy atom. The van der Waals surface area contributed by atoms with E-state index in [4.69, 9.17) is 9.47 Å². The van der Waals surface area contributed by atoms with Crippen molar-refractivity contribution in [2.45, 2.75) is 83.6 Å². The molecule has 2 nitrogen and oxygen atoms in total. The molecule has 3 aliphatic rings. The first-order valence-corrected chi connectivity index (χ1v) is 11.7. The lowest BCUT2D eigenvalue weighted by Gasteiger charge is -2.37. The second-order valence-electron chi connectivity index (χ2n) is 9.43. The first-order chi connectivity index (χ1) is 14.3. The molecule has 0 bridgehead atoms. The third-order valence-electron chi connectivity index (χ3n) is 7.01. The summed E-state index contributed by atoms with van der Waals surface area (Å²) in [5, 5.41) is 0. The number of hydrogen-bond donors (Lipinski definition) is 0. The van der Waals surface area contributed by atoms with Gasteiger partial charge in [0.25, 0.3) is 0 Å². The lowest BCUT2D eigenvalue weighted by Crippen LogP contribution is -2.38.